The van der Waals surface area contributed by atoms with Gasteiger partial charge in [0.15, 0.2) is 0 Å². The lowest BCUT2D eigenvalue weighted by molar-refractivity contribution is -0.153. The molecule has 0 aliphatic rings. The quantitative estimate of drug-likeness (QED) is 0.168. The first kappa shape index (κ1) is 30.2. The summed E-state index contributed by atoms with van der Waals surface area (Å²) in [6.07, 6.45) is -1.22. The van der Waals surface area contributed by atoms with E-state index in [1.807, 2.05) is 0 Å². The number of fused-ring (bicyclic) bond motifs is 1. The molecule has 39 heavy (non-hydrogen) atoms. The van der Waals surface area contributed by atoms with Crippen LogP contribution >= 0.6 is 0 Å². The van der Waals surface area contributed by atoms with Gasteiger partial charge in [0.2, 0.25) is 0 Å². The van der Waals surface area contributed by atoms with Crippen LogP contribution < -0.4 is 10.6 Å². The zero-order valence-electron chi connectivity index (χ0n) is 23.0. The lowest BCUT2D eigenvalue weighted by Crippen LogP contribution is -2.24. The minimum absolute atomic E-state index is 0.00467. The number of carbonyl (C=O) groups excluding carboxylic acids is 2. The van der Waals surface area contributed by atoms with E-state index in [2.05, 4.69) is 35.3 Å². The van der Waals surface area contributed by atoms with Crippen LogP contribution in [0.2, 0.25) is 25.7 Å². The molecule has 8 nitrogen and oxygen atoms in total. The number of aromatic nitrogens is 2. The number of anilines is 2. The minimum atomic E-state index is -4.47. The lowest BCUT2D eigenvalue weighted by atomic mass is 10.1. The van der Waals surface area contributed by atoms with Gasteiger partial charge >= 0.3 is 18.2 Å². The second-order valence-electron chi connectivity index (χ2n) is 11.5. The van der Waals surface area contributed by atoms with Crippen molar-refractivity contribution in [1.82, 2.24) is 9.55 Å². The Kier molecular flexibility index (Phi) is 9.11. The summed E-state index contributed by atoms with van der Waals surface area (Å²) in [5.74, 6) is -0.410. The monoisotopic (exact) mass is 564 g/mol. The van der Waals surface area contributed by atoms with Gasteiger partial charge in [0.05, 0.1) is 17.7 Å². The number of esters is 1. The van der Waals surface area contributed by atoms with Crippen LogP contribution in [0, 0.1) is 0 Å². The number of nitrogens with one attached hydrogen (secondary N) is 2. The molecule has 3 aromatic rings. The maximum absolute atomic E-state index is 12.8. The van der Waals surface area contributed by atoms with E-state index >= 15 is 0 Å². The fourth-order valence-electron chi connectivity index (χ4n) is 3.62. The van der Waals surface area contributed by atoms with Gasteiger partial charge in [-0.05, 0) is 62.7 Å². The van der Waals surface area contributed by atoms with E-state index in [-0.39, 0.29) is 18.8 Å². The molecule has 12 heteroatoms. The van der Waals surface area contributed by atoms with E-state index < -0.39 is 37.4 Å². The number of carbonyl (C=O) groups is 2. The second-order valence-corrected chi connectivity index (χ2v) is 17.1. The van der Waals surface area contributed by atoms with Crippen molar-refractivity contribution in [3.63, 3.8) is 0 Å². The molecule has 3 rings (SSSR count). The molecule has 2 aromatic heterocycles. The molecule has 0 saturated carbocycles. The highest BCUT2D eigenvalue weighted by Gasteiger charge is 2.30. The molecule has 0 aliphatic carbocycles. The van der Waals surface area contributed by atoms with E-state index in [1.54, 1.807) is 43.8 Å². The number of rotatable bonds is 9. The molecule has 0 unspecified atom stereocenters. The van der Waals surface area contributed by atoms with Gasteiger partial charge in [0.25, 0.3) is 0 Å². The average Bonchev–Trinajstić information content (AvgIpc) is 3.11. The smallest absolute Gasteiger partial charge is 0.416 e. The van der Waals surface area contributed by atoms with E-state index in [9.17, 15) is 22.8 Å². The Morgan fingerprint density at radius 1 is 1.05 bits per heavy atom. The van der Waals surface area contributed by atoms with Crippen molar-refractivity contribution in [1.29, 1.82) is 0 Å². The van der Waals surface area contributed by atoms with Crippen LogP contribution in [0.15, 0.2) is 42.7 Å². The molecule has 1 aromatic carbocycles. The zero-order valence-corrected chi connectivity index (χ0v) is 24.0. The van der Waals surface area contributed by atoms with Crippen molar-refractivity contribution in [3.8, 4) is 0 Å². The van der Waals surface area contributed by atoms with E-state index in [0.717, 1.165) is 18.2 Å². The summed E-state index contributed by atoms with van der Waals surface area (Å²) in [4.78, 5) is 29.6. The van der Waals surface area contributed by atoms with Gasteiger partial charge in [-0.15, -0.1) is 0 Å². The van der Waals surface area contributed by atoms with Gasteiger partial charge in [-0.1, -0.05) is 19.6 Å². The molecule has 212 valence electrons. The third-order valence-electron chi connectivity index (χ3n) is 5.48. The van der Waals surface area contributed by atoms with Gasteiger partial charge in [-0.25, -0.2) is 9.78 Å². The first-order chi connectivity index (χ1) is 18.0. The molecule has 0 saturated heterocycles. The predicted octanol–water partition coefficient (Wildman–Crippen LogP) is 6.90. The van der Waals surface area contributed by atoms with Crippen molar-refractivity contribution in [2.24, 2.45) is 0 Å². The highest BCUT2D eigenvalue weighted by atomic mass is 28.3. The largest absolute Gasteiger partial charge is 0.460 e. The van der Waals surface area contributed by atoms with Crippen molar-refractivity contribution in [3.05, 3.63) is 53.9 Å². The Balaban J connectivity index is 1.81. The number of alkyl halides is 3. The number of halogens is 3. The van der Waals surface area contributed by atoms with Gasteiger partial charge in [-0.2, -0.15) is 13.2 Å². The number of urea groups is 1. The number of ether oxygens (including phenoxy) is 2. The van der Waals surface area contributed by atoms with E-state index in [4.69, 9.17) is 9.47 Å². The maximum atomic E-state index is 12.8. The van der Waals surface area contributed by atoms with Crippen molar-refractivity contribution >= 4 is 42.5 Å². The molecule has 0 atom stereocenters. The minimum Gasteiger partial charge on any atom is -0.460 e. The van der Waals surface area contributed by atoms with Crippen LogP contribution in [0.4, 0.5) is 29.3 Å². The Labute approximate surface area is 226 Å². The molecule has 0 radical (unpaired) electrons. The fraction of sp³-hybridized carbons (Fsp3) is 0.444. The number of benzene rings is 1. The van der Waals surface area contributed by atoms with Crippen LogP contribution in [0.25, 0.3) is 11.0 Å². The summed E-state index contributed by atoms with van der Waals surface area (Å²) in [5, 5.41) is 5.85. The first-order valence-electron chi connectivity index (χ1n) is 12.5. The van der Waals surface area contributed by atoms with E-state index in [0.29, 0.717) is 28.9 Å². The first-order valence-corrected chi connectivity index (χ1v) is 16.2. The fourth-order valence-corrected chi connectivity index (χ4v) is 4.38. The number of amides is 2. The summed E-state index contributed by atoms with van der Waals surface area (Å²) in [7, 11) is -1.28. The molecule has 2 amide bonds. The summed E-state index contributed by atoms with van der Waals surface area (Å²) < 4.78 is 51.5. The molecule has 2 N–H and O–H groups in total. The number of hydrogen-bond acceptors (Lipinski definition) is 5. The molecule has 0 aliphatic heterocycles. The molecular weight excluding hydrogens is 529 g/mol. The molecular formula is C27H35F3N4O4Si. The lowest BCUT2D eigenvalue weighted by Gasteiger charge is -2.19. The second kappa shape index (κ2) is 11.8. The Morgan fingerprint density at radius 3 is 2.31 bits per heavy atom. The zero-order chi connectivity index (χ0) is 29.0. The van der Waals surface area contributed by atoms with Crippen LogP contribution in [0.3, 0.4) is 0 Å². The summed E-state index contributed by atoms with van der Waals surface area (Å²) in [6.45, 7) is 12.9. The van der Waals surface area contributed by atoms with E-state index in [1.165, 1.54) is 12.1 Å². The predicted molar refractivity (Wildman–Crippen MR) is 147 cm³/mol. The SMILES string of the molecule is CC(C)(C)OC(=O)Cc1cnc2c(c1)c(NC(=O)Nc1ccc(C(F)(F)F)cc1)cn2COCC[Si](C)(C)C. The Hall–Kier alpha value is -3.38. The van der Waals surface area contributed by atoms with Gasteiger partial charge in [-0.3, -0.25) is 4.79 Å². The number of pyridine rings is 1. The van der Waals surface area contributed by atoms with Crippen LogP contribution in [0.1, 0.15) is 31.9 Å². The highest BCUT2D eigenvalue weighted by Crippen LogP contribution is 2.30. The topological polar surface area (TPSA) is 94.5 Å². The van der Waals surface area contributed by atoms with Crippen molar-refractivity contribution in [2.45, 2.75) is 71.4 Å². The normalized spacial score (nSPS) is 12.4. The van der Waals surface area contributed by atoms with Gasteiger partial charge < -0.3 is 24.7 Å². The third-order valence-corrected chi connectivity index (χ3v) is 7.19. The summed E-state index contributed by atoms with van der Waals surface area (Å²) in [6, 6.07) is 6.24. The highest BCUT2D eigenvalue weighted by molar-refractivity contribution is 6.76. The number of nitrogens with zero attached hydrogens (tertiary/aromatic N) is 2. The average molecular weight is 565 g/mol. The van der Waals surface area contributed by atoms with Crippen LogP contribution in [-0.4, -0.2) is 41.8 Å². The van der Waals surface area contributed by atoms with Crippen LogP contribution in [-0.2, 0) is 33.6 Å². The molecule has 0 bridgehead atoms. The Bertz CT molecular complexity index is 1310. The van der Waals surface area contributed by atoms with Crippen LogP contribution in [0.5, 0.6) is 0 Å². The number of hydrogen-bond donors (Lipinski definition) is 2. The maximum Gasteiger partial charge on any atom is 0.416 e. The van der Waals surface area contributed by atoms with Gasteiger partial charge in [0, 0.05) is 38.1 Å². The summed E-state index contributed by atoms with van der Waals surface area (Å²) in [5.41, 5.74) is 0.300. The van der Waals surface area contributed by atoms with Crippen molar-refractivity contribution < 1.29 is 32.2 Å². The molecule has 0 spiro atoms. The van der Waals surface area contributed by atoms with Crippen molar-refractivity contribution in [2.75, 3.05) is 17.2 Å². The molecule has 0 fully saturated rings. The standard InChI is InChI=1S/C27H35F3N4O4Si/c1-26(2,3)38-23(35)14-18-13-21-22(16-34(24(21)31-15-18)17-37-11-12-39(4,5)6)33-25(36)32-20-9-7-19(8-10-20)27(28,29)30/h7-10,13,15-16H,11-12,14,17H2,1-6H3,(H2,32,33,36). The Morgan fingerprint density at radius 2 is 1.72 bits per heavy atom. The molecule has 2 heterocycles. The summed E-state index contributed by atoms with van der Waals surface area (Å²) >= 11 is 0. The van der Waals surface area contributed by atoms with Gasteiger partial charge in [0.1, 0.15) is 18.0 Å². The third kappa shape index (κ3) is 9.39.